The second-order valence-corrected chi connectivity index (χ2v) is 5.63. The first-order valence-corrected chi connectivity index (χ1v) is 8.08. The van der Waals surface area contributed by atoms with Gasteiger partial charge in [-0.3, -0.25) is 9.78 Å². The highest BCUT2D eigenvalue weighted by Crippen LogP contribution is 2.23. The van der Waals surface area contributed by atoms with Gasteiger partial charge in [0.1, 0.15) is 0 Å². The third kappa shape index (κ3) is 3.25. The molecule has 1 aromatic carbocycles. The van der Waals surface area contributed by atoms with Crippen molar-refractivity contribution in [3.05, 3.63) is 96.1 Å². The maximum absolute atomic E-state index is 12.7. The van der Waals surface area contributed by atoms with E-state index in [0.717, 1.165) is 11.3 Å². The maximum Gasteiger partial charge on any atom is 0.274 e. The summed E-state index contributed by atoms with van der Waals surface area (Å²) in [6.45, 7) is 0. The number of hydrogen-bond donors (Lipinski definition) is 1. The highest BCUT2D eigenvalue weighted by atomic mass is 16.5. The zero-order valence-electron chi connectivity index (χ0n) is 13.7. The van der Waals surface area contributed by atoms with Gasteiger partial charge in [-0.2, -0.15) is 0 Å². The van der Waals surface area contributed by atoms with Crippen molar-refractivity contribution in [2.24, 2.45) is 0 Å². The summed E-state index contributed by atoms with van der Waals surface area (Å²) < 4.78 is 10.5. The molecule has 6 heteroatoms. The van der Waals surface area contributed by atoms with Crippen molar-refractivity contribution in [1.82, 2.24) is 15.5 Å². The van der Waals surface area contributed by atoms with E-state index in [-0.39, 0.29) is 11.6 Å². The van der Waals surface area contributed by atoms with Crippen LogP contribution < -0.4 is 5.32 Å². The zero-order chi connectivity index (χ0) is 17.8. The van der Waals surface area contributed by atoms with Crippen molar-refractivity contribution in [2.45, 2.75) is 6.04 Å². The van der Waals surface area contributed by atoms with E-state index in [1.165, 1.54) is 6.26 Å². The minimum absolute atomic E-state index is 0.174. The number of carbonyl (C=O) groups excluding carboxylic acids is 1. The van der Waals surface area contributed by atoms with Crippen LogP contribution in [-0.2, 0) is 0 Å². The average molecular weight is 345 g/mol. The molecule has 0 saturated heterocycles. The van der Waals surface area contributed by atoms with Crippen LogP contribution in [0.15, 0.2) is 88.1 Å². The lowest BCUT2D eigenvalue weighted by Crippen LogP contribution is -2.30. The first-order chi connectivity index (χ1) is 12.8. The average Bonchev–Trinajstić information content (AvgIpc) is 3.39. The van der Waals surface area contributed by atoms with Gasteiger partial charge in [-0.15, -0.1) is 0 Å². The summed E-state index contributed by atoms with van der Waals surface area (Å²) in [6, 6.07) is 19.9. The van der Waals surface area contributed by atoms with Crippen LogP contribution in [0.4, 0.5) is 0 Å². The maximum atomic E-state index is 12.7. The van der Waals surface area contributed by atoms with Crippen molar-refractivity contribution < 1.29 is 13.7 Å². The number of rotatable bonds is 5. The molecule has 0 aliphatic carbocycles. The van der Waals surface area contributed by atoms with E-state index < -0.39 is 6.04 Å². The summed E-state index contributed by atoms with van der Waals surface area (Å²) in [5, 5.41) is 6.81. The number of carbonyl (C=O) groups is 1. The van der Waals surface area contributed by atoms with Crippen LogP contribution in [0.1, 0.15) is 27.8 Å². The second kappa shape index (κ2) is 7.06. The topological polar surface area (TPSA) is 81.2 Å². The van der Waals surface area contributed by atoms with E-state index in [1.807, 2.05) is 48.5 Å². The van der Waals surface area contributed by atoms with Gasteiger partial charge in [0.15, 0.2) is 11.5 Å². The van der Waals surface area contributed by atoms with E-state index in [0.29, 0.717) is 11.5 Å². The molecule has 128 valence electrons. The second-order valence-electron chi connectivity index (χ2n) is 5.63. The first-order valence-electron chi connectivity index (χ1n) is 8.08. The molecule has 26 heavy (non-hydrogen) atoms. The number of aromatic nitrogens is 2. The molecule has 3 aromatic heterocycles. The Kier molecular flexibility index (Phi) is 4.30. The Balaban J connectivity index is 1.61. The molecule has 0 aliphatic rings. The summed E-state index contributed by atoms with van der Waals surface area (Å²) >= 11 is 0. The van der Waals surface area contributed by atoms with Gasteiger partial charge >= 0.3 is 0 Å². The highest BCUT2D eigenvalue weighted by Gasteiger charge is 2.21. The molecule has 1 N–H and O–H groups in total. The molecule has 1 amide bonds. The fraction of sp³-hybridized carbons (Fsp3) is 0.0500. The Morgan fingerprint density at radius 3 is 2.54 bits per heavy atom. The SMILES string of the molecule is O=C(N[C@H](c1ccccc1)c1ccccn1)c1cc(-c2ccco2)on1. The lowest BCUT2D eigenvalue weighted by molar-refractivity contribution is 0.0933. The number of hydrogen-bond acceptors (Lipinski definition) is 5. The molecule has 4 aromatic rings. The predicted octanol–water partition coefficient (Wildman–Crippen LogP) is 3.85. The number of pyridine rings is 1. The smallest absolute Gasteiger partial charge is 0.274 e. The fourth-order valence-corrected chi connectivity index (χ4v) is 2.64. The quantitative estimate of drug-likeness (QED) is 0.594. The Hall–Kier alpha value is -3.67. The summed E-state index contributed by atoms with van der Waals surface area (Å²) in [5.41, 5.74) is 1.84. The number of amides is 1. The van der Waals surface area contributed by atoms with Gasteiger partial charge in [-0.1, -0.05) is 41.6 Å². The molecular weight excluding hydrogens is 330 g/mol. The van der Waals surface area contributed by atoms with Crippen LogP contribution >= 0.6 is 0 Å². The normalized spacial score (nSPS) is 11.8. The molecule has 0 aliphatic heterocycles. The molecule has 6 nitrogen and oxygen atoms in total. The number of nitrogens with zero attached hydrogens (tertiary/aromatic N) is 2. The molecule has 0 fully saturated rings. The third-order valence-corrected chi connectivity index (χ3v) is 3.90. The Morgan fingerprint density at radius 1 is 0.962 bits per heavy atom. The van der Waals surface area contributed by atoms with E-state index in [4.69, 9.17) is 8.94 Å². The fourth-order valence-electron chi connectivity index (χ4n) is 2.64. The summed E-state index contributed by atoms with van der Waals surface area (Å²) in [4.78, 5) is 17.1. The van der Waals surface area contributed by atoms with Crippen LogP contribution in [0.3, 0.4) is 0 Å². The number of nitrogens with one attached hydrogen (secondary N) is 1. The molecular formula is C20H15N3O3. The first kappa shape index (κ1) is 15.8. The zero-order valence-corrected chi connectivity index (χ0v) is 13.7. The van der Waals surface area contributed by atoms with Gasteiger partial charge in [0.2, 0.25) is 5.76 Å². The van der Waals surface area contributed by atoms with Crippen LogP contribution in [0.2, 0.25) is 0 Å². The van der Waals surface area contributed by atoms with Gasteiger partial charge in [0, 0.05) is 12.3 Å². The van der Waals surface area contributed by atoms with E-state index >= 15 is 0 Å². The Morgan fingerprint density at radius 2 is 1.81 bits per heavy atom. The van der Waals surface area contributed by atoms with Crippen molar-refractivity contribution in [1.29, 1.82) is 0 Å². The highest BCUT2D eigenvalue weighted by molar-refractivity contribution is 5.93. The lowest BCUT2D eigenvalue weighted by Gasteiger charge is -2.18. The van der Waals surface area contributed by atoms with Crippen molar-refractivity contribution in [2.75, 3.05) is 0 Å². The van der Waals surface area contributed by atoms with Gasteiger partial charge in [-0.05, 0) is 29.8 Å². The van der Waals surface area contributed by atoms with E-state index in [9.17, 15) is 4.79 Å². The standard InChI is InChI=1S/C20H15N3O3/c24-20(16-13-18(26-23-16)17-10-6-12-25-17)22-19(14-7-2-1-3-8-14)15-9-4-5-11-21-15/h1-13,19H,(H,22,24)/t19-/m1/s1. The molecule has 0 radical (unpaired) electrons. The van der Waals surface area contributed by atoms with Crippen LogP contribution in [0.25, 0.3) is 11.5 Å². The summed E-state index contributed by atoms with van der Waals surface area (Å²) in [7, 11) is 0. The predicted molar refractivity (Wildman–Crippen MR) is 94.2 cm³/mol. The monoisotopic (exact) mass is 345 g/mol. The summed E-state index contributed by atoms with van der Waals surface area (Å²) in [6.07, 6.45) is 3.23. The van der Waals surface area contributed by atoms with Gasteiger partial charge in [0.05, 0.1) is 18.0 Å². The molecule has 0 spiro atoms. The molecule has 0 unspecified atom stereocenters. The summed E-state index contributed by atoms with van der Waals surface area (Å²) in [5.74, 6) is 0.557. The minimum Gasteiger partial charge on any atom is -0.461 e. The van der Waals surface area contributed by atoms with Gasteiger partial charge in [-0.25, -0.2) is 0 Å². The number of furan rings is 1. The van der Waals surface area contributed by atoms with E-state index in [2.05, 4.69) is 15.5 Å². The Bertz CT molecular complexity index is 940. The Labute approximate surface area is 149 Å². The largest absolute Gasteiger partial charge is 0.461 e. The van der Waals surface area contributed by atoms with Crippen LogP contribution in [0.5, 0.6) is 0 Å². The molecule has 0 saturated carbocycles. The van der Waals surface area contributed by atoms with Crippen LogP contribution in [0, 0.1) is 0 Å². The van der Waals surface area contributed by atoms with E-state index in [1.54, 1.807) is 24.4 Å². The third-order valence-electron chi connectivity index (χ3n) is 3.90. The van der Waals surface area contributed by atoms with Crippen molar-refractivity contribution >= 4 is 5.91 Å². The lowest BCUT2D eigenvalue weighted by atomic mass is 10.0. The van der Waals surface area contributed by atoms with Crippen LogP contribution in [-0.4, -0.2) is 16.0 Å². The molecule has 4 rings (SSSR count). The van der Waals surface area contributed by atoms with Gasteiger partial charge < -0.3 is 14.3 Å². The minimum atomic E-state index is -0.395. The molecule has 1 atom stereocenters. The molecule has 0 bridgehead atoms. The van der Waals surface area contributed by atoms with Crippen molar-refractivity contribution in [3.63, 3.8) is 0 Å². The molecule has 3 heterocycles. The van der Waals surface area contributed by atoms with Gasteiger partial charge in [0.25, 0.3) is 5.91 Å². The van der Waals surface area contributed by atoms with Crippen molar-refractivity contribution in [3.8, 4) is 11.5 Å². The number of benzene rings is 1.